The molecule has 1 unspecified atom stereocenters. The van der Waals surface area contributed by atoms with Gasteiger partial charge in [0.15, 0.2) is 0 Å². The Balaban J connectivity index is 1.74. The predicted molar refractivity (Wildman–Crippen MR) is 90.7 cm³/mol. The molecule has 0 saturated heterocycles. The van der Waals surface area contributed by atoms with E-state index in [0.29, 0.717) is 6.42 Å². The van der Waals surface area contributed by atoms with Crippen LogP contribution in [-0.2, 0) is 11.2 Å². The molecule has 1 atom stereocenters. The molecule has 3 aromatic carbocycles. The lowest BCUT2D eigenvalue weighted by atomic mass is 10.0. The first-order valence-corrected chi connectivity index (χ1v) is 7.55. The molecule has 1 N–H and O–H groups in total. The van der Waals surface area contributed by atoms with Crippen molar-refractivity contribution in [3.05, 3.63) is 83.9 Å². The first kappa shape index (κ1) is 14.3. The molecule has 0 aromatic heterocycles. The van der Waals surface area contributed by atoms with Gasteiger partial charge in [0.1, 0.15) is 0 Å². The number of benzene rings is 3. The Morgan fingerprint density at radius 1 is 0.909 bits per heavy atom. The van der Waals surface area contributed by atoms with Crippen molar-refractivity contribution in [1.29, 1.82) is 0 Å². The molecule has 2 nitrogen and oxygen atoms in total. The molecule has 0 spiro atoms. The lowest BCUT2D eigenvalue weighted by Crippen LogP contribution is -2.28. The minimum atomic E-state index is 0.0173. The Bertz CT molecular complexity index is 775. The fourth-order valence-electron chi connectivity index (χ4n) is 2.74. The zero-order chi connectivity index (χ0) is 15.4. The number of amides is 1. The van der Waals surface area contributed by atoms with E-state index in [9.17, 15) is 4.79 Å². The van der Waals surface area contributed by atoms with Gasteiger partial charge in [0.25, 0.3) is 0 Å². The molecule has 0 fully saturated rings. The maximum absolute atomic E-state index is 12.3. The van der Waals surface area contributed by atoms with E-state index in [1.165, 1.54) is 5.39 Å². The van der Waals surface area contributed by atoms with Crippen molar-refractivity contribution in [3.8, 4) is 0 Å². The van der Waals surface area contributed by atoms with Crippen molar-refractivity contribution in [2.45, 2.75) is 19.4 Å². The molecule has 1 amide bonds. The third kappa shape index (κ3) is 3.17. The van der Waals surface area contributed by atoms with Crippen molar-refractivity contribution in [2.75, 3.05) is 0 Å². The molecule has 0 bridgehead atoms. The number of rotatable bonds is 4. The first-order valence-electron chi connectivity index (χ1n) is 7.55. The molecular formula is C20H19NO. The Morgan fingerprint density at radius 2 is 1.59 bits per heavy atom. The molecule has 110 valence electrons. The number of fused-ring (bicyclic) bond motifs is 1. The van der Waals surface area contributed by atoms with Crippen LogP contribution in [0.25, 0.3) is 10.8 Å². The number of carbonyl (C=O) groups is 1. The summed E-state index contributed by atoms with van der Waals surface area (Å²) in [6, 6.07) is 24.3. The van der Waals surface area contributed by atoms with Gasteiger partial charge >= 0.3 is 0 Å². The maximum Gasteiger partial charge on any atom is 0.224 e. The minimum Gasteiger partial charge on any atom is -0.349 e. The summed E-state index contributed by atoms with van der Waals surface area (Å²) in [5.74, 6) is 0.0488. The van der Waals surface area contributed by atoms with Crippen LogP contribution in [0, 0.1) is 0 Å². The summed E-state index contributed by atoms with van der Waals surface area (Å²) in [6.45, 7) is 2.01. The second-order valence-electron chi connectivity index (χ2n) is 5.51. The number of hydrogen-bond acceptors (Lipinski definition) is 1. The van der Waals surface area contributed by atoms with Crippen molar-refractivity contribution in [3.63, 3.8) is 0 Å². The fourth-order valence-corrected chi connectivity index (χ4v) is 2.74. The van der Waals surface area contributed by atoms with E-state index < -0.39 is 0 Å². The van der Waals surface area contributed by atoms with Gasteiger partial charge < -0.3 is 5.32 Å². The van der Waals surface area contributed by atoms with Gasteiger partial charge in [0, 0.05) is 0 Å². The van der Waals surface area contributed by atoms with Crippen LogP contribution in [0.5, 0.6) is 0 Å². The highest BCUT2D eigenvalue weighted by molar-refractivity contribution is 5.90. The van der Waals surface area contributed by atoms with Gasteiger partial charge in [-0.1, -0.05) is 72.8 Å². The number of carbonyl (C=O) groups excluding carboxylic acids is 1. The smallest absolute Gasteiger partial charge is 0.224 e. The molecule has 0 aliphatic rings. The zero-order valence-electron chi connectivity index (χ0n) is 12.6. The summed E-state index contributed by atoms with van der Waals surface area (Å²) in [7, 11) is 0. The van der Waals surface area contributed by atoms with Gasteiger partial charge in [-0.3, -0.25) is 4.79 Å². The van der Waals surface area contributed by atoms with Gasteiger partial charge in [0.2, 0.25) is 5.91 Å². The third-order valence-corrected chi connectivity index (χ3v) is 3.91. The summed E-state index contributed by atoms with van der Waals surface area (Å²) in [6.07, 6.45) is 0.401. The Labute approximate surface area is 130 Å². The van der Waals surface area contributed by atoms with Crippen LogP contribution >= 0.6 is 0 Å². The third-order valence-electron chi connectivity index (χ3n) is 3.91. The second kappa shape index (κ2) is 6.44. The summed E-state index contributed by atoms with van der Waals surface area (Å²) < 4.78 is 0. The first-order chi connectivity index (χ1) is 10.7. The molecule has 0 aliphatic heterocycles. The van der Waals surface area contributed by atoms with Crippen LogP contribution in [0.4, 0.5) is 0 Å². The van der Waals surface area contributed by atoms with Gasteiger partial charge in [-0.2, -0.15) is 0 Å². The molecule has 0 saturated carbocycles. The molecule has 0 aliphatic carbocycles. The van der Waals surface area contributed by atoms with Crippen LogP contribution in [-0.4, -0.2) is 5.91 Å². The fraction of sp³-hybridized carbons (Fsp3) is 0.150. The molecule has 3 rings (SSSR count). The average Bonchev–Trinajstić information content (AvgIpc) is 2.56. The summed E-state index contributed by atoms with van der Waals surface area (Å²) in [4.78, 5) is 12.3. The molecule has 3 aromatic rings. The molecule has 22 heavy (non-hydrogen) atoms. The largest absolute Gasteiger partial charge is 0.349 e. The van der Waals surface area contributed by atoms with Gasteiger partial charge in [-0.05, 0) is 28.8 Å². The van der Waals surface area contributed by atoms with Crippen molar-refractivity contribution in [2.24, 2.45) is 0 Å². The lowest BCUT2D eigenvalue weighted by Gasteiger charge is -2.15. The Morgan fingerprint density at radius 3 is 2.41 bits per heavy atom. The molecular weight excluding hydrogens is 270 g/mol. The van der Waals surface area contributed by atoms with E-state index in [-0.39, 0.29) is 11.9 Å². The van der Waals surface area contributed by atoms with E-state index in [1.54, 1.807) is 0 Å². The highest BCUT2D eigenvalue weighted by Crippen LogP contribution is 2.19. The second-order valence-corrected chi connectivity index (χ2v) is 5.51. The lowest BCUT2D eigenvalue weighted by molar-refractivity contribution is -0.121. The van der Waals surface area contributed by atoms with Crippen molar-refractivity contribution < 1.29 is 4.79 Å². The normalized spacial score (nSPS) is 12.0. The van der Waals surface area contributed by atoms with E-state index in [0.717, 1.165) is 16.5 Å². The molecule has 0 heterocycles. The van der Waals surface area contributed by atoms with Crippen molar-refractivity contribution >= 4 is 16.7 Å². The molecule has 2 heteroatoms. The Hall–Kier alpha value is -2.61. The number of nitrogens with one attached hydrogen (secondary N) is 1. The van der Waals surface area contributed by atoms with Crippen molar-refractivity contribution in [1.82, 2.24) is 5.32 Å². The summed E-state index contributed by atoms with van der Waals surface area (Å²) in [5, 5.41) is 5.39. The standard InChI is InChI=1S/C20H19NO/c1-15(16-8-3-2-4-9-16)21-20(22)14-18-12-7-11-17-10-5-6-13-19(17)18/h2-13,15H,14H2,1H3,(H,21,22). The quantitative estimate of drug-likeness (QED) is 0.764. The SMILES string of the molecule is CC(NC(=O)Cc1cccc2ccccc12)c1ccccc1. The monoisotopic (exact) mass is 289 g/mol. The average molecular weight is 289 g/mol. The summed E-state index contributed by atoms with van der Waals surface area (Å²) >= 11 is 0. The topological polar surface area (TPSA) is 29.1 Å². The van der Waals surface area contributed by atoms with Crippen LogP contribution in [0.1, 0.15) is 24.1 Å². The maximum atomic E-state index is 12.3. The summed E-state index contributed by atoms with van der Waals surface area (Å²) in [5.41, 5.74) is 2.18. The Kier molecular flexibility index (Phi) is 4.19. The molecule has 0 radical (unpaired) electrons. The van der Waals surface area contributed by atoms with E-state index in [1.807, 2.05) is 61.5 Å². The van der Waals surface area contributed by atoms with Crippen LogP contribution in [0.2, 0.25) is 0 Å². The predicted octanol–water partition coefficient (Wildman–Crippen LogP) is 4.26. The highest BCUT2D eigenvalue weighted by atomic mass is 16.1. The number of hydrogen-bond donors (Lipinski definition) is 1. The van der Waals surface area contributed by atoms with E-state index in [4.69, 9.17) is 0 Å². The van der Waals surface area contributed by atoms with E-state index >= 15 is 0 Å². The van der Waals surface area contributed by atoms with Gasteiger partial charge in [-0.15, -0.1) is 0 Å². The van der Waals surface area contributed by atoms with Crippen LogP contribution < -0.4 is 5.32 Å². The zero-order valence-corrected chi connectivity index (χ0v) is 12.6. The van der Waals surface area contributed by atoms with E-state index in [2.05, 4.69) is 23.5 Å². The van der Waals surface area contributed by atoms with Crippen LogP contribution in [0.15, 0.2) is 72.8 Å². The van der Waals surface area contributed by atoms with Crippen LogP contribution in [0.3, 0.4) is 0 Å². The minimum absolute atomic E-state index is 0.0173. The van der Waals surface area contributed by atoms with Gasteiger partial charge in [-0.25, -0.2) is 0 Å². The highest BCUT2D eigenvalue weighted by Gasteiger charge is 2.11. The van der Waals surface area contributed by atoms with Gasteiger partial charge in [0.05, 0.1) is 12.5 Å².